The quantitative estimate of drug-likeness (QED) is 0.635. The number of nitrogens with one attached hydrogen (secondary N) is 1. The molecule has 2 aromatic rings. The SMILES string of the molecule is COc1ccc2c(c1)N1CCN(c3ccccc3)CC1C(C(=O)NCCCN1CCOCC1)C2. The highest BCUT2D eigenvalue weighted by molar-refractivity contribution is 5.82. The van der Waals surface area contributed by atoms with Crippen molar-refractivity contribution >= 4 is 17.3 Å². The molecule has 0 aromatic heterocycles. The van der Waals surface area contributed by atoms with Crippen molar-refractivity contribution in [1.29, 1.82) is 0 Å². The summed E-state index contributed by atoms with van der Waals surface area (Å²) in [4.78, 5) is 20.7. The van der Waals surface area contributed by atoms with Crippen molar-refractivity contribution in [2.45, 2.75) is 18.9 Å². The lowest BCUT2D eigenvalue weighted by molar-refractivity contribution is -0.125. The van der Waals surface area contributed by atoms with Gasteiger partial charge in [0.2, 0.25) is 5.91 Å². The summed E-state index contributed by atoms with van der Waals surface area (Å²) in [5.74, 6) is 0.971. The van der Waals surface area contributed by atoms with Crippen LogP contribution in [-0.2, 0) is 16.0 Å². The number of rotatable bonds is 7. The van der Waals surface area contributed by atoms with Crippen LogP contribution >= 0.6 is 0 Å². The van der Waals surface area contributed by atoms with Crippen molar-refractivity contribution in [2.24, 2.45) is 5.92 Å². The summed E-state index contributed by atoms with van der Waals surface area (Å²) in [6.45, 7) is 8.00. The number of para-hydroxylation sites is 1. The Bertz CT molecular complexity index is 964. The van der Waals surface area contributed by atoms with Crippen LogP contribution in [0.25, 0.3) is 0 Å². The van der Waals surface area contributed by atoms with Crippen LogP contribution in [0.5, 0.6) is 5.75 Å². The molecule has 7 nitrogen and oxygen atoms in total. The Labute approximate surface area is 202 Å². The van der Waals surface area contributed by atoms with Gasteiger partial charge in [0.1, 0.15) is 5.75 Å². The molecule has 5 rings (SSSR count). The number of piperazine rings is 1. The van der Waals surface area contributed by atoms with Crippen molar-refractivity contribution < 1.29 is 14.3 Å². The van der Waals surface area contributed by atoms with Crippen molar-refractivity contribution in [3.8, 4) is 5.75 Å². The van der Waals surface area contributed by atoms with Crippen LogP contribution in [0.1, 0.15) is 12.0 Å². The van der Waals surface area contributed by atoms with E-state index in [4.69, 9.17) is 9.47 Å². The largest absolute Gasteiger partial charge is 0.497 e. The lowest BCUT2D eigenvalue weighted by Crippen LogP contribution is -2.61. The molecule has 1 N–H and O–H groups in total. The number of ether oxygens (including phenoxy) is 2. The molecule has 0 aliphatic carbocycles. The standard InChI is InChI=1S/C27H36N4O3/c1-33-23-9-8-21-18-24(27(32)28-10-5-11-29-14-16-34-17-15-29)26-20-30(22-6-3-2-4-7-22)12-13-31(26)25(21)19-23/h2-4,6-9,19,24,26H,5,10-18,20H2,1H3,(H,28,32). The Morgan fingerprint density at radius 1 is 1.09 bits per heavy atom. The fraction of sp³-hybridized carbons (Fsp3) is 0.519. The number of carbonyl (C=O) groups is 1. The highest BCUT2D eigenvalue weighted by Gasteiger charge is 2.41. The summed E-state index contributed by atoms with van der Waals surface area (Å²) in [6.07, 6.45) is 1.73. The average molecular weight is 465 g/mol. The van der Waals surface area contributed by atoms with Crippen LogP contribution in [0.15, 0.2) is 48.5 Å². The van der Waals surface area contributed by atoms with Crippen LogP contribution < -0.4 is 19.9 Å². The van der Waals surface area contributed by atoms with E-state index in [1.54, 1.807) is 7.11 Å². The molecule has 0 saturated carbocycles. The number of nitrogens with zero attached hydrogens (tertiary/aromatic N) is 3. The molecule has 0 bridgehead atoms. The maximum atomic E-state index is 13.5. The maximum Gasteiger partial charge on any atom is 0.225 e. The molecule has 2 unspecified atom stereocenters. The summed E-state index contributed by atoms with van der Waals surface area (Å²) < 4.78 is 10.9. The van der Waals surface area contributed by atoms with Gasteiger partial charge >= 0.3 is 0 Å². The predicted octanol–water partition coefficient (Wildman–Crippen LogP) is 2.40. The summed E-state index contributed by atoms with van der Waals surface area (Å²) in [6, 6.07) is 17.0. The molecular formula is C27H36N4O3. The van der Waals surface area contributed by atoms with Crippen molar-refractivity contribution in [2.75, 3.05) is 75.9 Å². The molecule has 3 aliphatic rings. The smallest absolute Gasteiger partial charge is 0.225 e. The lowest BCUT2D eigenvalue weighted by Gasteiger charge is -2.49. The van der Waals surface area contributed by atoms with Gasteiger partial charge in [-0.25, -0.2) is 0 Å². The van der Waals surface area contributed by atoms with Crippen molar-refractivity contribution in [1.82, 2.24) is 10.2 Å². The number of carbonyl (C=O) groups excluding carboxylic acids is 1. The van der Waals surface area contributed by atoms with Crippen molar-refractivity contribution in [3.05, 3.63) is 54.1 Å². The highest BCUT2D eigenvalue weighted by Crippen LogP contribution is 2.38. The Morgan fingerprint density at radius 3 is 2.71 bits per heavy atom. The average Bonchev–Trinajstić information content (AvgIpc) is 2.91. The fourth-order valence-corrected chi connectivity index (χ4v) is 5.55. The molecule has 2 atom stereocenters. The second kappa shape index (κ2) is 10.7. The third-order valence-electron chi connectivity index (χ3n) is 7.44. The van der Waals surface area contributed by atoms with E-state index in [0.717, 1.165) is 77.6 Å². The molecule has 2 saturated heterocycles. The number of anilines is 2. The number of benzene rings is 2. The summed E-state index contributed by atoms with van der Waals surface area (Å²) in [7, 11) is 1.71. The first-order valence-electron chi connectivity index (χ1n) is 12.5. The normalized spacial score (nSPS) is 22.6. The topological polar surface area (TPSA) is 57.3 Å². The molecule has 0 radical (unpaired) electrons. The van der Waals surface area contributed by atoms with Crippen LogP contribution in [-0.4, -0.2) is 83.0 Å². The van der Waals surface area contributed by atoms with Gasteiger partial charge in [0, 0.05) is 56.7 Å². The number of hydrogen-bond acceptors (Lipinski definition) is 6. The molecule has 3 aliphatic heterocycles. The van der Waals surface area contributed by atoms with Crippen molar-refractivity contribution in [3.63, 3.8) is 0 Å². The van der Waals surface area contributed by atoms with Gasteiger partial charge in [-0.1, -0.05) is 24.3 Å². The zero-order valence-electron chi connectivity index (χ0n) is 20.1. The van der Waals surface area contributed by atoms with E-state index in [1.807, 2.05) is 6.07 Å². The minimum atomic E-state index is -0.0733. The van der Waals surface area contributed by atoms with Crippen LogP contribution in [0.4, 0.5) is 11.4 Å². The van der Waals surface area contributed by atoms with E-state index in [-0.39, 0.29) is 17.9 Å². The molecule has 2 fully saturated rings. The minimum Gasteiger partial charge on any atom is -0.497 e. The second-order valence-corrected chi connectivity index (χ2v) is 9.45. The Kier molecular flexibility index (Phi) is 7.21. The number of amides is 1. The zero-order valence-corrected chi connectivity index (χ0v) is 20.1. The van der Waals surface area contributed by atoms with E-state index in [1.165, 1.54) is 16.9 Å². The second-order valence-electron chi connectivity index (χ2n) is 9.45. The van der Waals surface area contributed by atoms with Crippen LogP contribution in [0.2, 0.25) is 0 Å². The molecule has 34 heavy (non-hydrogen) atoms. The van der Waals surface area contributed by atoms with Gasteiger partial charge in [0.15, 0.2) is 0 Å². The lowest BCUT2D eigenvalue weighted by atomic mass is 9.83. The van der Waals surface area contributed by atoms with Gasteiger partial charge < -0.3 is 24.6 Å². The van der Waals surface area contributed by atoms with Gasteiger partial charge in [0.25, 0.3) is 0 Å². The van der Waals surface area contributed by atoms with Crippen LogP contribution in [0.3, 0.4) is 0 Å². The molecule has 182 valence electrons. The first kappa shape index (κ1) is 23.0. The van der Waals surface area contributed by atoms with Gasteiger partial charge in [-0.3, -0.25) is 9.69 Å². The molecule has 0 spiro atoms. The first-order chi connectivity index (χ1) is 16.7. The van der Waals surface area contributed by atoms with E-state index >= 15 is 0 Å². The molecular weight excluding hydrogens is 428 g/mol. The van der Waals surface area contributed by atoms with Gasteiger partial charge in [-0.15, -0.1) is 0 Å². The maximum absolute atomic E-state index is 13.5. The summed E-state index contributed by atoms with van der Waals surface area (Å²) in [5, 5.41) is 3.27. The number of morpholine rings is 1. The minimum absolute atomic E-state index is 0.0733. The molecule has 1 amide bonds. The van der Waals surface area contributed by atoms with Gasteiger partial charge in [-0.05, 0) is 43.1 Å². The Balaban J connectivity index is 1.29. The fourth-order valence-electron chi connectivity index (χ4n) is 5.55. The number of fused-ring (bicyclic) bond motifs is 3. The monoisotopic (exact) mass is 464 g/mol. The molecule has 3 heterocycles. The van der Waals surface area contributed by atoms with E-state index in [2.05, 4.69) is 62.5 Å². The van der Waals surface area contributed by atoms with E-state index < -0.39 is 0 Å². The van der Waals surface area contributed by atoms with E-state index in [0.29, 0.717) is 0 Å². The number of methoxy groups -OCH3 is 1. The third kappa shape index (κ3) is 5.00. The molecule has 2 aromatic carbocycles. The third-order valence-corrected chi connectivity index (χ3v) is 7.44. The van der Waals surface area contributed by atoms with Crippen LogP contribution in [0, 0.1) is 5.92 Å². The Morgan fingerprint density at radius 2 is 1.91 bits per heavy atom. The van der Waals surface area contributed by atoms with E-state index in [9.17, 15) is 4.79 Å². The van der Waals surface area contributed by atoms with Gasteiger partial charge in [-0.2, -0.15) is 0 Å². The first-order valence-corrected chi connectivity index (χ1v) is 12.5. The summed E-state index contributed by atoms with van der Waals surface area (Å²) >= 11 is 0. The zero-order chi connectivity index (χ0) is 23.3. The molecule has 7 heteroatoms. The predicted molar refractivity (Wildman–Crippen MR) is 135 cm³/mol. The summed E-state index contributed by atoms with van der Waals surface area (Å²) in [5.41, 5.74) is 3.68. The van der Waals surface area contributed by atoms with Gasteiger partial charge in [0.05, 0.1) is 32.3 Å². The Hall–Kier alpha value is -2.77. The number of hydrogen-bond donors (Lipinski definition) is 1. The highest BCUT2D eigenvalue weighted by atomic mass is 16.5.